The number of hydrogen-bond acceptors (Lipinski definition) is 4. The SMILES string of the molecule is CCC(CC)n1c(Cc2cccs2)nc2cc(C(=O)NC(C)(Cc3ccccc3)C(=O)O)ccc21. The van der Waals surface area contributed by atoms with Crippen molar-refractivity contribution in [3.8, 4) is 0 Å². The lowest BCUT2D eigenvalue weighted by molar-refractivity contribution is -0.143. The molecular formula is C28H31N3O3S. The fraction of sp³-hybridized carbons (Fsp3) is 0.321. The molecule has 2 N–H and O–H groups in total. The lowest BCUT2D eigenvalue weighted by Crippen LogP contribution is -2.53. The topological polar surface area (TPSA) is 84.2 Å². The van der Waals surface area contributed by atoms with Crippen LogP contribution in [0.25, 0.3) is 11.0 Å². The van der Waals surface area contributed by atoms with Gasteiger partial charge in [0.1, 0.15) is 11.4 Å². The predicted octanol–water partition coefficient (Wildman–Crippen LogP) is 5.87. The van der Waals surface area contributed by atoms with Crippen LogP contribution in [0.3, 0.4) is 0 Å². The number of thiophene rings is 1. The average Bonchev–Trinajstić information content (AvgIpc) is 3.48. The number of nitrogens with one attached hydrogen (secondary N) is 1. The molecule has 0 fully saturated rings. The van der Waals surface area contributed by atoms with E-state index in [0.29, 0.717) is 11.6 Å². The van der Waals surface area contributed by atoms with Crippen LogP contribution in [0.15, 0.2) is 66.0 Å². The van der Waals surface area contributed by atoms with Gasteiger partial charge in [0, 0.05) is 29.3 Å². The third-order valence-electron chi connectivity index (χ3n) is 6.51. The maximum absolute atomic E-state index is 13.2. The first-order valence-electron chi connectivity index (χ1n) is 12.0. The number of benzene rings is 2. The highest BCUT2D eigenvalue weighted by Crippen LogP contribution is 2.28. The van der Waals surface area contributed by atoms with Crippen LogP contribution in [-0.4, -0.2) is 32.1 Å². The van der Waals surface area contributed by atoms with Crippen LogP contribution < -0.4 is 5.32 Å². The normalized spacial score (nSPS) is 13.1. The molecule has 2 heterocycles. The number of carboxylic acids is 1. The summed E-state index contributed by atoms with van der Waals surface area (Å²) in [6.45, 7) is 5.89. The zero-order valence-electron chi connectivity index (χ0n) is 20.3. The molecule has 0 aliphatic rings. The van der Waals surface area contributed by atoms with Crippen LogP contribution in [0.2, 0.25) is 0 Å². The monoisotopic (exact) mass is 489 g/mol. The van der Waals surface area contributed by atoms with Gasteiger partial charge in [-0.25, -0.2) is 9.78 Å². The molecule has 0 saturated heterocycles. The van der Waals surface area contributed by atoms with Gasteiger partial charge in [-0.1, -0.05) is 50.2 Å². The Kier molecular flexibility index (Phi) is 7.36. The minimum absolute atomic E-state index is 0.186. The summed E-state index contributed by atoms with van der Waals surface area (Å²) in [5, 5.41) is 14.7. The van der Waals surface area contributed by atoms with Gasteiger partial charge in [0.2, 0.25) is 0 Å². The number of aromatic nitrogens is 2. The van der Waals surface area contributed by atoms with E-state index in [2.05, 4.69) is 35.2 Å². The molecule has 4 aromatic rings. The molecule has 0 radical (unpaired) electrons. The largest absolute Gasteiger partial charge is 0.480 e. The van der Waals surface area contributed by atoms with Gasteiger partial charge >= 0.3 is 5.97 Å². The number of carbonyl (C=O) groups is 2. The van der Waals surface area contributed by atoms with Crippen molar-refractivity contribution in [2.45, 2.75) is 58.0 Å². The van der Waals surface area contributed by atoms with Crippen LogP contribution in [0.4, 0.5) is 0 Å². The summed E-state index contributed by atoms with van der Waals surface area (Å²) in [5.41, 5.74) is 1.54. The van der Waals surface area contributed by atoms with Crippen molar-refractivity contribution in [2.75, 3.05) is 0 Å². The second kappa shape index (κ2) is 10.4. The summed E-state index contributed by atoms with van der Waals surface area (Å²) in [7, 11) is 0. The number of amides is 1. The fourth-order valence-electron chi connectivity index (χ4n) is 4.54. The Balaban J connectivity index is 1.66. The van der Waals surface area contributed by atoms with Crippen molar-refractivity contribution in [2.24, 2.45) is 0 Å². The van der Waals surface area contributed by atoms with E-state index in [1.165, 1.54) is 4.88 Å². The molecule has 1 amide bonds. The van der Waals surface area contributed by atoms with Crippen LogP contribution in [0.1, 0.15) is 66.3 Å². The minimum Gasteiger partial charge on any atom is -0.480 e. The first kappa shape index (κ1) is 24.7. The molecule has 6 nitrogen and oxygen atoms in total. The van der Waals surface area contributed by atoms with Gasteiger partial charge in [-0.3, -0.25) is 4.79 Å². The molecule has 2 aromatic carbocycles. The Morgan fingerprint density at radius 3 is 2.46 bits per heavy atom. The van der Waals surface area contributed by atoms with Crippen LogP contribution in [0.5, 0.6) is 0 Å². The minimum atomic E-state index is -1.44. The van der Waals surface area contributed by atoms with Crippen molar-refractivity contribution in [3.05, 3.63) is 87.9 Å². The lowest BCUT2D eigenvalue weighted by Gasteiger charge is -2.26. The highest BCUT2D eigenvalue weighted by atomic mass is 32.1. The summed E-state index contributed by atoms with van der Waals surface area (Å²) in [6, 6.07) is 19.2. The van der Waals surface area contributed by atoms with E-state index >= 15 is 0 Å². The summed E-state index contributed by atoms with van der Waals surface area (Å²) in [6.07, 6.45) is 2.89. The summed E-state index contributed by atoms with van der Waals surface area (Å²) in [4.78, 5) is 31.5. The molecule has 1 atom stereocenters. The maximum atomic E-state index is 13.2. The molecule has 2 aromatic heterocycles. The van der Waals surface area contributed by atoms with Crippen LogP contribution in [-0.2, 0) is 17.6 Å². The highest BCUT2D eigenvalue weighted by Gasteiger charge is 2.35. The maximum Gasteiger partial charge on any atom is 0.329 e. The molecule has 0 bridgehead atoms. The van der Waals surface area contributed by atoms with E-state index in [-0.39, 0.29) is 6.42 Å². The number of aliphatic carboxylic acids is 1. The smallest absolute Gasteiger partial charge is 0.329 e. The molecule has 0 saturated carbocycles. The lowest BCUT2D eigenvalue weighted by atomic mass is 9.92. The Morgan fingerprint density at radius 1 is 1.09 bits per heavy atom. The quantitative estimate of drug-likeness (QED) is 0.292. The molecule has 7 heteroatoms. The molecule has 35 heavy (non-hydrogen) atoms. The van der Waals surface area contributed by atoms with E-state index in [0.717, 1.165) is 41.7 Å². The fourth-order valence-corrected chi connectivity index (χ4v) is 5.25. The number of carbonyl (C=O) groups excluding carboxylic acids is 1. The average molecular weight is 490 g/mol. The number of hydrogen-bond donors (Lipinski definition) is 2. The van der Waals surface area contributed by atoms with Gasteiger partial charge in [0.15, 0.2) is 0 Å². The van der Waals surface area contributed by atoms with Crippen molar-refractivity contribution >= 4 is 34.2 Å². The molecule has 0 spiro atoms. The number of carboxylic acid groups (broad SMARTS) is 1. The summed E-state index contributed by atoms with van der Waals surface area (Å²) < 4.78 is 2.30. The van der Waals surface area contributed by atoms with Crippen molar-refractivity contribution < 1.29 is 14.7 Å². The van der Waals surface area contributed by atoms with Gasteiger partial charge < -0.3 is 15.0 Å². The van der Waals surface area contributed by atoms with Gasteiger partial charge in [-0.2, -0.15) is 0 Å². The van der Waals surface area contributed by atoms with Gasteiger partial charge in [-0.05, 0) is 55.0 Å². The van der Waals surface area contributed by atoms with Crippen LogP contribution >= 0.6 is 11.3 Å². The summed E-state index contributed by atoms with van der Waals surface area (Å²) in [5.74, 6) is -0.523. The first-order valence-corrected chi connectivity index (χ1v) is 12.9. The zero-order valence-corrected chi connectivity index (χ0v) is 21.1. The van der Waals surface area contributed by atoms with E-state index < -0.39 is 17.4 Å². The molecule has 0 aliphatic heterocycles. The van der Waals surface area contributed by atoms with Gasteiger partial charge in [0.05, 0.1) is 11.0 Å². The number of fused-ring (bicyclic) bond motifs is 1. The standard InChI is InChI=1S/C28H31N3O3S/c1-4-21(5-2)31-24-14-13-20(16-23(24)29-25(31)17-22-12-9-15-35-22)26(32)30-28(3,27(33)34)18-19-10-7-6-8-11-19/h6-16,21H,4-5,17-18H2,1-3H3,(H,30,32)(H,33,34). The summed E-state index contributed by atoms with van der Waals surface area (Å²) >= 11 is 1.71. The Morgan fingerprint density at radius 2 is 1.83 bits per heavy atom. The first-order chi connectivity index (χ1) is 16.8. The third-order valence-corrected chi connectivity index (χ3v) is 7.38. The molecule has 0 aliphatic carbocycles. The number of imidazole rings is 1. The van der Waals surface area contributed by atoms with Crippen molar-refractivity contribution in [3.63, 3.8) is 0 Å². The number of nitrogens with zero attached hydrogens (tertiary/aromatic N) is 2. The Bertz CT molecular complexity index is 1310. The van der Waals surface area contributed by atoms with E-state index in [4.69, 9.17) is 4.98 Å². The van der Waals surface area contributed by atoms with Crippen molar-refractivity contribution in [1.29, 1.82) is 0 Å². The highest BCUT2D eigenvalue weighted by molar-refractivity contribution is 7.09. The van der Waals surface area contributed by atoms with E-state index in [1.54, 1.807) is 30.4 Å². The second-order valence-corrected chi connectivity index (χ2v) is 10.1. The Labute approximate surface area is 209 Å². The Hall–Kier alpha value is -3.45. The third kappa shape index (κ3) is 5.30. The molecule has 4 rings (SSSR count). The molecule has 182 valence electrons. The second-order valence-electron chi connectivity index (χ2n) is 9.08. The van der Waals surface area contributed by atoms with Crippen molar-refractivity contribution in [1.82, 2.24) is 14.9 Å². The molecule has 1 unspecified atom stereocenters. The zero-order chi connectivity index (χ0) is 25.0. The predicted molar refractivity (Wildman–Crippen MR) is 140 cm³/mol. The van der Waals surface area contributed by atoms with Gasteiger partial charge in [-0.15, -0.1) is 11.3 Å². The van der Waals surface area contributed by atoms with E-state index in [9.17, 15) is 14.7 Å². The van der Waals surface area contributed by atoms with Gasteiger partial charge in [0.25, 0.3) is 5.91 Å². The van der Waals surface area contributed by atoms with Crippen LogP contribution in [0, 0.1) is 0 Å². The number of rotatable bonds is 10. The molecular weight excluding hydrogens is 458 g/mol. The van der Waals surface area contributed by atoms with E-state index in [1.807, 2.05) is 42.5 Å².